The Bertz CT molecular complexity index is 612. The molecule has 0 saturated carbocycles. The van der Waals surface area contributed by atoms with E-state index in [-0.39, 0.29) is 0 Å². The standard InChI is InChI=1S/C14H16N6/c1-7-18-20(9-1)13-4-2-12(3-5-13)10-15-8-6-14-16-11-17-19-14/h1-5,7,9,11,15H,6,8,10H2,(H,16,17,19). The third-order valence-electron chi connectivity index (χ3n) is 3.04. The minimum atomic E-state index is 0.841. The fourth-order valence-corrected chi connectivity index (χ4v) is 1.98. The molecule has 6 nitrogen and oxygen atoms in total. The number of aromatic amines is 1. The van der Waals surface area contributed by atoms with E-state index in [1.54, 1.807) is 6.20 Å². The first-order valence-corrected chi connectivity index (χ1v) is 6.56. The second kappa shape index (κ2) is 6.12. The van der Waals surface area contributed by atoms with Gasteiger partial charge in [0, 0.05) is 31.9 Å². The molecule has 6 heteroatoms. The molecule has 0 fully saturated rings. The van der Waals surface area contributed by atoms with Crippen LogP contribution in [0.15, 0.2) is 49.1 Å². The van der Waals surface area contributed by atoms with Gasteiger partial charge in [0.2, 0.25) is 0 Å². The van der Waals surface area contributed by atoms with Crippen molar-refractivity contribution in [2.45, 2.75) is 13.0 Å². The van der Waals surface area contributed by atoms with Gasteiger partial charge in [0.15, 0.2) is 0 Å². The summed E-state index contributed by atoms with van der Waals surface area (Å²) in [5.41, 5.74) is 2.32. The van der Waals surface area contributed by atoms with Crippen molar-refractivity contribution in [1.82, 2.24) is 30.3 Å². The monoisotopic (exact) mass is 268 g/mol. The first kappa shape index (κ1) is 12.6. The SMILES string of the molecule is c1cnn(-c2ccc(CNCCc3ncn[nH]3)cc2)c1. The molecular weight excluding hydrogens is 252 g/mol. The Balaban J connectivity index is 1.48. The zero-order valence-electron chi connectivity index (χ0n) is 11.0. The van der Waals surface area contributed by atoms with Crippen LogP contribution in [0, 0.1) is 0 Å². The summed E-state index contributed by atoms with van der Waals surface area (Å²) in [5, 5.41) is 14.3. The van der Waals surface area contributed by atoms with Gasteiger partial charge in [-0.3, -0.25) is 5.10 Å². The molecule has 2 aromatic heterocycles. The second-order valence-corrected chi connectivity index (χ2v) is 4.48. The molecular formula is C14H16N6. The molecule has 0 bridgehead atoms. The summed E-state index contributed by atoms with van der Waals surface area (Å²) in [7, 11) is 0. The topological polar surface area (TPSA) is 71.4 Å². The lowest BCUT2D eigenvalue weighted by Gasteiger charge is -2.05. The van der Waals surface area contributed by atoms with Crippen molar-refractivity contribution in [2.75, 3.05) is 6.54 Å². The van der Waals surface area contributed by atoms with Gasteiger partial charge in [-0.1, -0.05) is 12.1 Å². The molecule has 2 heterocycles. The molecule has 0 aliphatic carbocycles. The molecule has 0 saturated heterocycles. The number of aromatic nitrogens is 5. The Hall–Kier alpha value is -2.47. The van der Waals surface area contributed by atoms with Gasteiger partial charge in [-0.15, -0.1) is 0 Å². The lowest BCUT2D eigenvalue weighted by molar-refractivity contribution is 0.671. The summed E-state index contributed by atoms with van der Waals surface area (Å²) in [6.45, 7) is 1.71. The number of hydrogen-bond acceptors (Lipinski definition) is 4. The maximum Gasteiger partial charge on any atom is 0.137 e. The van der Waals surface area contributed by atoms with E-state index >= 15 is 0 Å². The molecule has 0 aliphatic rings. The van der Waals surface area contributed by atoms with Gasteiger partial charge in [-0.25, -0.2) is 9.67 Å². The predicted octanol–water partition coefficient (Wildman–Crippen LogP) is 1.32. The van der Waals surface area contributed by atoms with Gasteiger partial charge in [-0.05, 0) is 23.8 Å². The first-order valence-electron chi connectivity index (χ1n) is 6.56. The number of hydrogen-bond donors (Lipinski definition) is 2. The van der Waals surface area contributed by atoms with Gasteiger partial charge >= 0.3 is 0 Å². The Morgan fingerprint density at radius 1 is 1.20 bits per heavy atom. The van der Waals surface area contributed by atoms with Gasteiger partial charge < -0.3 is 5.32 Å². The highest BCUT2D eigenvalue weighted by atomic mass is 15.3. The zero-order chi connectivity index (χ0) is 13.6. The minimum absolute atomic E-state index is 0.841. The number of nitrogens with zero attached hydrogens (tertiary/aromatic N) is 4. The van der Waals surface area contributed by atoms with Crippen molar-refractivity contribution in [2.24, 2.45) is 0 Å². The van der Waals surface area contributed by atoms with Gasteiger partial charge in [-0.2, -0.15) is 10.2 Å². The third kappa shape index (κ3) is 3.10. The van der Waals surface area contributed by atoms with E-state index in [0.29, 0.717) is 0 Å². The number of benzene rings is 1. The summed E-state index contributed by atoms with van der Waals surface area (Å²) in [6, 6.07) is 10.3. The Morgan fingerprint density at radius 2 is 2.10 bits per heavy atom. The molecule has 0 atom stereocenters. The highest BCUT2D eigenvalue weighted by molar-refractivity contribution is 5.33. The van der Waals surface area contributed by atoms with E-state index in [0.717, 1.165) is 31.0 Å². The molecule has 0 spiro atoms. The summed E-state index contributed by atoms with van der Waals surface area (Å²) < 4.78 is 1.85. The quantitative estimate of drug-likeness (QED) is 0.661. The third-order valence-corrected chi connectivity index (χ3v) is 3.04. The molecule has 1 aromatic carbocycles. The van der Waals surface area contributed by atoms with E-state index in [2.05, 4.69) is 49.9 Å². The van der Waals surface area contributed by atoms with Crippen molar-refractivity contribution < 1.29 is 0 Å². The molecule has 102 valence electrons. The highest BCUT2D eigenvalue weighted by Gasteiger charge is 1.98. The lowest BCUT2D eigenvalue weighted by atomic mass is 10.2. The number of rotatable bonds is 6. The van der Waals surface area contributed by atoms with Crippen LogP contribution in [0.5, 0.6) is 0 Å². The average molecular weight is 268 g/mol. The Labute approximate surface area is 116 Å². The fraction of sp³-hybridized carbons (Fsp3) is 0.214. The highest BCUT2D eigenvalue weighted by Crippen LogP contribution is 2.08. The summed E-state index contributed by atoms with van der Waals surface area (Å²) in [5.74, 6) is 0.909. The second-order valence-electron chi connectivity index (χ2n) is 4.48. The van der Waals surface area contributed by atoms with E-state index in [4.69, 9.17) is 0 Å². The van der Waals surface area contributed by atoms with Crippen LogP contribution in [0.4, 0.5) is 0 Å². The Morgan fingerprint density at radius 3 is 2.80 bits per heavy atom. The summed E-state index contributed by atoms with van der Waals surface area (Å²) >= 11 is 0. The van der Waals surface area contributed by atoms with Crippen molar-refractivity contribution in [3.05, 3.63) is 60.4 Å². The van der Waals surface area contributed by atoms with Gasteiger partial charge in [0.1, 0.15) is 12.2 Å². The van der Waals surface area contributed by atoms with Gasteiger partial charge in [0.05, 0.1) is 5.69 Å². The zero-order valence-corrected chi connectivity index (χ0v) is 11.0. The maximum absolute atomic E-state index is 4.20. The molecule has 2 N–H and O–H groups in total. The largest absolute Gasteiger partial charge is 0.312 e. The van der Waals surface area contributed by atoms with E-state index in [1.807, 2.05) is 16.9 Å². The minimum Gasteiger partial charge on any atom is -0.312 e. The fourth-order valence-electron chi connectivity index (χ4n) is 1.98. The van der Waals surface area contributed by atoms with Crippen LogP contribution >= 0.6 is 0 Å². The van der Waals surface area contributed by atoms with E-state index in [1.165, 1.54) is 11.9 Å². The summed E-state index contributed by atoms with van der Waals surface area (Å²) in [6.07, 6.45) is 6.10. The van der Waals surface area contributed by atoms with Crippen LogP contribution in [-0.4, -0.2) is 31.5 Å². The smallest absolute Gasteiger partial charge is 0.137 e. The van der Waals surface area contributed by atoms with E-state index < -0.39 is 0 Å². The molecule has 3 aromatic rings. The van der Waals surface area contributed by atoms with Gasteiger partial charge in [0.25, 0.3) is 0 Å². The number of H-pyrrole nitrogens is 1. The molecule has 0 radical (unpaired) electrons. The normalized spacial score (nSPS) is 10.8. The van der Waals surface area contributed by atoms with Crippen LogP contribution < -0.4 is 5.32 Å². The number of nitrogens with one attached hydrogen (secondary N) is 2. The van der Waals surface area contributed by atoms with E-state index in [9.17, 15) is 0 Å². The predicted molar refractivity (Wildman–Crippen MR) is 75.4 cm³/mol. The van der Waals surface area contributed by atoms with Crippen molar-refractivity contribution in [1.29, 1.82) is 0 Å². The van der Waals surface area contributed by atoms with Crippen LogP contribution in [0.3, 0.4) is 0 Å². The molecule has 0 amide bonds. The van der Waals surface area contributed by atoms with Crippen molar-refractivity contribution >= 4 is 0 Å². The van der Waals surface area contributed by atoms with Crippen LogP contribution in [0.2, 0.25) is 0 Å². The molecule has 3 rings (SSSR count). The lowest BCUT2D eigenvalue weighted by Crippen LogP contribution is -2.17. The molecule has 0 aliphatic heterocycles. The van der Waals surface area contributed by atoms with Crippen molar-refractivity contribution in [3.8, 4) is 5.69 Å². The van der Waals surface area contributed by atoms with Crippen LogP contribution in [0.25, 0.3) is 5.69 Å². The molecule has 20 heavy (non-hydrogen) atoms. The molecule has 0 unspecified atom stereocenters. The van der Waals surface area contributed by atoms with Crippen LogP contribution in [-0.2, 0) is 13.0 Å². The van der Waals surface area contributed by atoms with Crippen molar-refractivity contribution in [3.63, 3.8) is 0 Å². The first-order chi connectivity index (χ1) is 9.92. The van der Waals surface area contributed by atoms with Crippen LogP contribution in [0.1, 0.15) is 11.4 Å². The average Bonchev–Trinajstić information content (AvgIpc) is 3.17. The maximum atomic E-state index is 4.20. The summed E-state index contributed by atoms with van der Waals surface area (Å²) in [4.78, 5) is 4.08. The Kier molecular flexibility index (Phi) is 3.84.